The average Bonchev–Trinajstić information content (AvgIpc) is 3.02. The maximum atomic E-state index is 13.0. The molecule has 186 valence electrons. The molecule has 2 N–H and O–H groups in total. The molecule has 2 aliphatic rings. The number of amides is 2. The molecular formula is C30H38N2O3. The van der Waals surface area contributed by atoms with Gasteiger partial charge in [-0.2, -0.15) is 0 Å². The molecule has 4 rings (SSSR count). The third-order valence-corrected chi connectivity index (χ3v) is 7.25. The average molecular weight is 475 g/mol. The zero-order valence-electron chi connectivity index (χ0n) is 21.3. The van der Waals surface area contributed by atoms with E-state index >= 15 is 0 Å². The number of benzene rings is 2. The number of rotatable bonds is 5. The van der Waals surface area contributed by atoms with Gasteiger partial charge in [0, 0.05) is 24.9 Å². The van der Waals surface area contributed by atoms with E-state index in [9.17, 15) is 14.7 Å². The second-order valence-electron chi connectivity index (χ2n) is 10.8. The van der Waals surface area contributed by atoms with Crippen molar-refractivity contribution in [3.05, 3.63) is 76.4 Å². The number of carbonyl (C=O) groups excluding carboxylic acids is 2. The fraction of sp³-hybridized carbons (Fsp3) is 0.467. The van der Waals surface area contributed by atoms with Gasteiger partial charge in [0.1, 0.15) is 0 Å². The second kappa shape index (κ2) is 10.8. The molecule has 1 fully saturated rings. The van der Waals surface area contributed by atoms with Gasteiger partial charge in [0.2, 0.25) is 11.8 Å². The Bertz CT molecular complexity index is 1050. The lowest BCUT2D eigenvalue weighted by Gasteiger charge is -2.31. The summed E-state index contributed by atoms with van der Waals surface area (Å²) in [6, 6.07) is 17.1. The summed E-state index contributed by atoms with van der Waals surface area (Å²) in [7, 11) is 0. The minimum absolute atomic E-state index is 0.0965. The van der Waals surface area contributed by atoms with Crippen LogP contribution in [-0.4, -0.2) is 47.6 Å². The molecule has 5 nitrogen and oxygen atoms in total. The zero-order chi connectivity index (χ0) is 25.0. The predicted octanol–water partition coefficient (Wildman–Crippen LogP) is 4.51. The fourth-order valence-electron chi connectivity index (χ4n) is 5.10. The van der Waals surface area contributed by atoms with E-state index < -0.39 is 11.5 Å². The number of piperidine rings is 1. The largest absolute Gasteiger partial charge is 0.394 e. The van der Waals surface area contributed by atoms with Crippen LogP contribution < -0.4 is 5.32 Å². The van der Waals surface area contributed by atoms with Crippen LogP contribution in [0, 0.1) is 5.41 Å². The van der Waals surface area contributed by atoms with Crippen LogP contribution in [0.5, 0.6) is 0 Å². The Labute approximate surface area is 209 Å². The van der Waals surface area contributed by atoms with E-state index in [0.29, 0.717) is 25.9 Å². The summed E-state index contributed by atoms with van der Waals surface area (Å²) in [6.45, 7) is 6.77. The van der Waals surface area contributed by atoms with Crippen LogP contribution in [0.15, 0.2) is 54.1 Å². The first-order valence-corrected chi connectivity index (χ1v) is 12.9. The van der Waals surface area contributed by atoms with Gasteiger partial charge in [0.05, 0.1) is 12.6 Å². The summed E-state index contributed by atoms with van der Waals surface area (Å²) in [5.41, 5.74) is 7.76. The quantitative estimate of drug-likeness (QED) is 0.670. The van der Waals surface area contributed by atoms with Gasteiger partial charge in [-0.1, -0.05) is 74.9 Å². The van der Waals surface area contributed by atoms with Gasteiger partial charge in [-0.15, -0.1) is 0 Å². The minimum Gasteiger partial charge on any atom is -0.394 e. The summed E-state index contributed by atoms with van der Waals surface area (Å²) in [6.07, 6.45) is 4.61. The molecule has 0 spiro atoms. The first kappa shape index (κ1) is 25.2. The molecule has 1 unspecified atom stereocenters. The topological polar surface area (TPSA) is 69.6 Å². The Balaban J connectivity index is 1.45. The van der Waals surface area contributed by atoms with E-state index in [1.807, 2.05) is 25.7 Å². The van der Waals surface area contributed by atoms with Crippen LogP contribution in [0.3, 0.4) is 0 Å². The Morgan fingerprint density at radius 1 is 0.914 bits per heavy atom. The van der Waals surface area contributed by atoms with E-state index in [1.54, 1.807) is 0 Å². The van der Waals surface area contributed by atoms with Crippen molar-refractivity contribution in [3.63, 3.8) is 0 Å². The molecule has 0 aromatic heterocycles. The summed E-state index contributed by atoms with van der Waals surface area (Å²) in [5.74, 6) is -0.0126. The smallest absolute Gasteiger partial charge is 0.225 e. The first-order valence-electron chi connectivity index (χ1n) is 12.9. The standard InChI is InChI=1S/C30H38N2O3/c1-30(2,3)29(35)31-24(20-33)14-15-27(34)32-18-16-23(17-19-32)28-25-10-6-4-8-21(25)12-13-22-9-5-7-11-26(22)28/h4-11,24,33H,12-20H2,1-3H3,(H,31,35). The molecule has 0 bridgehead atoms. The van der Waals surface area contributed by atoms with Crippen molar-refractivity contribution in [1.29, 1.82) is 0 Å². The SMILES string of the molecule is CC(C)(C)C(=O)NC(CO)CCC(=O)N1CCC(=C2c3ccccc3CCc3ccccc32)CC1. The summed E-state index contributed by atoms with van der Waals surface area (Å²) in [4.78, 5) is 27.1. The van der Waals surface area contributed by atoms with E-state index in [2.05, 4.69) is 53.8 Å². The van der Waals surface area contributed by atoms with Crippen molar-refractivity contribution in [2.75, 3.05) is 19.7 Å². The minimum atomic E-state index is -0.524. The molecule has 5 heteroatoms. The van der Waals surface area contributed by atoms with Crippen molar-refractivity contribution in [3.8, 4) is 0 Å². The van der Waals surface area contributed by atoms with Gasteiger partial charge in [0.25, 0.3) is 0 Å². The lowest BCUT2D eigenvalue weighted by atomic mass is 9.86. The van der Waals surface area contributed by atoms with Gasteiger partial charge in [-0.3, -0.25) is 9.59 Å². The number of aliphatic hydroxyl groups excluding tert-OH is 1. The highest BCUT2D eigenvalue weighted by Crippen LogP contribution is 2.38. The number of fused-ring (bicyclic) bond motifs is 2. The second-order valence-corrected chi connectivity index (χ2v) is 10.8. The van der Waals surface area contributed by atoms with Crippen molar-refractivity contribution in [2.45, 2.75) is 65.3 Å². The van der Waals surface area contributed by atoms with E-state index in [4.69, 9.17) is 0 Å². The zero-order valence-corrected chi connectivity index (χ0v) is 21.3. The first-order chi connectivity index (χ1) is 16.8. The molecule has 0 radical (unpaired) electrons. The molecule has 1 heterocycles. The lowest BCUT2D eigenvalue weighted by molar-refractivity contribution is -0.133. The summed E-state index contributed by atoms with van der Waals surface area (Å²) >= 11 is 0. The molecule has 35 heavy (non-hydrogen) atoms. The Hall–Kier alpha value is -2.92. The number of hydrogen-bond acceptors (Lipinski definition) is 3. The number of carbonyl (C=O) groups is 2. The van der Waals surface area contributed by atoms with Crippen LogP contribution in [0.1, 0.15) is 68.7 Å². The number of hydrogen-bond donors (Lipinski definition) is 2. The monoisotopic (exact) mass is 474 g/mol. The fourth-order valence-corrected chi connectivity index (χ4v) is 5.10. The van der Waals surface area contributed by atoms with Crippen LogP contribution >= 0.6 is 0 Å². The van der Waals surface area contributed by atoms with Gasteiger partial charge >= 0.3 is 0 Å². The summed E-state index contributed by atoms with van der Waals surface area (Å²) in [5, 5.41) is 12.6. The molecular weight excluding hydrogens is 436 g/mol. The molecule has 0 saturated carbocycles. The van der Waals surface area contributed by atoms with Crippen molar-refractivity contribution >= 4 is 17.4 Å². The molecule has 1 saturated heterocycles. The number of aliphatic hydroxyl groups is 1. The van der Waals surface area contributed by atoms with Gasteiger partial charge < -0.3 is 15.3 Å². The number of nitrogens with zero attached hydrogens (tertiary/aromatic N) is 1. The number of likely N-dealkylation sites (tertiary alicyclic amines) is 1. The van der Waals surface area contributed by atoms with E-state index in [1.165, 1.54) is 33.4 Å². The number of nitrogens with one attached hydrogen (secondary N) is 1. The highest BCUT2D eigenvalue weighted by molar-refractivity contribution is 5.86. The maximum absolute atomic E-state index is 13.0. The highest BCUT2D eigenvalue weighted by Gasteiger charge is 2.27. The molecule has 1 aliphatic carbocycles. The Kier molecular flexibility index (Phi) is 7.75. The van der Waals surface area contributed by atoms with Crippen LogP contribution in [-0.2, 0) is 22.4 Å². The maximum Gasteiger partial charge on any atom is 0.225 e. The molecule has 1 atom stereocenters. The van der Waals surface area contributed by atoms with Crippen molar-refractivity contribution in [2.24, 2.45) is 5.41 Å². The van der Waals surface area contributed by atoms with Crippen molar-refractivity contribution in [1.82, 2.24) is 10.2 Å². The van der Waals surface area contributed by atoms with E-state index in [-0.39, 0.29) is 18.4 Å². The van der Waals surface area contributed by atoms with Crippen LogP contribution in [0.4, 0.5) is 0 Å². The van der Waals surface area contributed by atoms with E-state index in [0.717, 1.165) is 25.7 Å². The third kappa shape index (κ3) is 5.84. The molecule has 1 aliphatic heterocycles. The molecule has 2 aromatic rings. The lowest BCUT2D eigenvalue weighted by Crippen LogP contribution is -2.44. The van der Waals surface area contributed by atoms with Crippen LogP contribution in [0.25, 0.3) is 5.57 Å². The van der Waals surface area contributed by atoms with Gasteiger partial charge in [-0.25, -0.2) is 0 Å². The Morgan fingerprint density at radius 3 is 1.97 bits per heavy atom. The van der Waals surface area contributed by atoms with Crippen LogP contribution in [0.2, 0.25) is 0 Å². The van der Waals surface area contributed by atoms with Gasteiger partial charge in [-0.05, 0) is 59.9 Å². The normalized spacial score (nSPS) is 16.7. The highest BCUT2D eigenvalue weighted by atomic mass is 16.3. The summed E-state index contributed by atoms with van der Waals surface area (Å²) < 4.78 is 0. The van der Waals surface area contributed by atoms with Gasteiger partial charge in [0.15, 0.2) is 0 Å². The molecule has 2 aromatic carbocycles. The number of aryl methyl sites for hydroxylation is 2. The molecule has 2 amide bonds. The Morgan fingerprint density at radius 2 is 1.46 bits per heavy atom. The predicted molar refractivity (Wildman–Crippen MR) is 140 cm³/mol. The van der Waals surface area contributed by atoms with Crippen molar-refractivity contribution < 1.29 is 14.7 Å². The third-order valence-electron chi connectivity index (χ3n) is 7.25.